The average Bonchev–Trinajstić information content (AvgIpc) is 2.68. The Balaban J connectivity index is 2.03. The summed E-state index contributed by atoms with van der Waals surface area (Å²) in [7, 11) is 0. The van der Waals surface area contributed by atoms with E-state index in [1.165, 1.54) is 5.56 Å². The number of pyridine rings is 1. The van der Waals surface area contributed by atoms with Gasteiger partial charge in [-0.3, -0.25) is 4.98 Å². The van der Waals surface area contributed by atoms with E-state index in [4.69, 9.17) is 5.73 Å². The zero-order chi connectivity index (χ0) is 13.8. The molecule has 0 saturated heterocycles. The van der Waals surface area contributed by atoms with Gasteiger partial charge in [-0.25, -0.2) is 4.68 Å². The van der Waals surface area contributed by atoms with E-state index in [2.05, 4.69) is 35.3 Å². The lowest BCUT2D eigenvalue weighted by atomic mass is 10.2. The second kappa shape index (κ2) is 5.73. The maximum atomic E-state index is 6.06. The first-order valence-electron chi connectivity index (χ1n) is 6.57. The maximum Gasteiger partial charge on any atom is 0.148 e. The van der Waals surface area contributed by atoms with Crippen molar-refractivity contribution in [1.82, 2.24) is 14.8 Å². The number of anilines is 2. The van der Waals surface area contributed by atoms with Crippen LogP contribution in [0.1, 0.15) is 31.1 Å². The summed E-state index contributed by atoms with van der Waals surface area (Å²) in [5.74, 6) is 0.913. The Morgan fingerprint density at radius 1 is 1.42 bits per heavy atom. The van der Waals surface area contributed by atoms with E-state index < -0.39 is 0 Å². The Morgan fingerprint density at radius 2 is 2.21 bits per heavy atom. The van der Waals surface area contributed by atoms with Crippen LogP contribution >= 0.6 is 0 Å². The van der Waals surface area contributed by atoms with Gasteiger partial charge < -0.3 is 11.1 Å². The number of nitrogens with two attached hydrogens (primary N) is 1. The van der Waals surface area contributed by atoms with Gasteiger partial charge in [-0.2, -0.15) is 5.10 Å². The van der Waals surface area contributed by atoms with Gasteiger partial charge in [0.25, 0.3) is 0 Å². The number of nitrogens with one attached hydrogen (secondary N) is 1. The highest BCUT2D eigenvalue weighted by Gasteiger charge is 2.13. The fourth-order valence-corrected chi connectivity index (χ4v) is 1.98. The molecule has 2 heterocycles. The van der Waals surface area contributed by atoms with E-state index in [0.29, 0.717) is 0 Å². The third-order valence-electron chi connectivity index (χ3n) is 3.05. The Hall–Kier alpha value is -2.04. The first kappa shape index (κ1) is 13.4. The van der Waals surface area contributed by atoms with Gasteiger partial charge in [0.05, 0.1) is 11.4 Å². The fourth-order valence-electron chi connectivity index (χ4n) is 1.98. The lowest BCUT2D eigenvalue weighted by Crippen LogP contribution is -2.13. The molecule has 0 spiro atoms. The molecule has 5 nitrogen and oxygen atoms in total. The molecule has 19 heavy (non-hydrogen) atoms. The smallest absolute Gasteiger partial charge is 0.148 e. The molecule has 0 atom stereocenters. The van der Waals surface area contributed by atoms with Crippen molar-refractivity contribution in [3.63, 3.8) is 0 Å². The molecule has 0 aliphatic carbocycles. The van der Waals surface area contributed by atoms with Gasteiger partial charge in [0.1, 0.15) is 5.82 Å². The molecule has 2 rings (SSSR count). The number of rotatable bonds is 5. The number of hydrogen-bond acceptors (Lipinski definition) is 4. The summed E-state index contributed by atoms with van der Waals surface area (Å²) in [5.41, 5.74) is 8.88. The second-order valence-electron chi connectivity index (χ2n) is 4.92. The van der Waals surface area contributed by atoms with Gasteiger partial charge in [0.15, 0.2) is 0 Å². The van der Waals surface area contributed by atoms with Crippen molar-refractivity contribution in [1.29, 1.82) is 0 Å². The number of nitrogen functional groups attached to an aromatic ring is 1. The molecule has 2 aromatic rings. The van der Waals surface area contributed by atoms with E-state index in [0.717, 1.165) is 30.2 Å². The Kier molecular flexibility index (Phi) is 4.04. The van der Waals surface area contributed by atoms with Crippen molar-refractivity contribution >= 4 is 11.5 Å². The minimum Gasteiger partial charge on any atom is -0.394 e. The summed E-state index contributed by atoms with van der Waals surface area (Å²) in [6.07, 6.45) is 4.58. The van der Waals surface area contributed by atoms with Gasteiger partial charge in [0.2, 0.25) is 0 Å². The van der Waals surface area contributed by atoms with Gasteiger partial charge in [-0.15, -0.1) is 0 Å². The van der Waals surface area contributed by atoms with E-state index in [1.807, 2.05) is 23.9 Å². The minimum atomic E-state index is 0.289. The quantitative estimate of drug-likeness (QED) is 0.865. The molecule has 0 aliphatic heterocycles. The van der Waals surface area contributed by atoms with E-state index >= 15 is 0 Å². The topological polar surface area (TPSA) is 68.8 Å². The lowest BCUT2D eigenvalue weighted by molar-refractivity contribution is 0.534. The summed E-state index contributed by atoms with van der Waals surface area (Å²) >= 11 is 0. The van der Waals surface area contributed by atoms with Crippen LogP contribution in [0.2, 0.25) is 0 Å². The number of nitrogens with zero attached hydrogens (tertiary/aromatic N) is 3. The van der Waals surface area contributed by atoms with Crippen molar-refractivity contribution in [3.8, 4) is 0 Å². The van der Waals surface area contributed by atoms with Crippen molar-refractivity contribution < 1.29 is 0 Å². The molecule has 0 fully saturated rings. The maximum absolute atomic E-state index is 6.06. The summed E-state index contributed by atoms with van der Waals surface area (Å²) in [6, 6.07) is 4.31. The van der Waals surface area contributed by atoms with Crippen molar-refractivity contribution in [2.75, 3.05) is 17.6 Å². The lowest BCUT2D eigenvalue weighted by Gasteiger charge is -2.13. The highest BCUT2D eigenvalue weighted by atomic mass is 15.4. The van der Waals surface area contributed by atoms with Crippen LogP contribution in [0.15, 0.2) is 24.5 Å². The number of aromatic nitrogens is 3. The molecule has 0 radical (unpaired) electrons. The van der Waals surface area contributed by atoms with Gasteiger partial charge in [0, 0.05) is 25.0 Å². The first-order chi connectivity index (χ1) is 9.09. The zero-order valence-electron chi connectivity index (χ0n) is 11.7. The van der Waals surface area contributed by atoms with Gasteiger partial charge in [-0.05, 0) is 38.8 Å². The van der Waals surface area contributed by atoms with Gasteiger partial charge in [-0.1, -0.05) is 6.07 Å². The van der Waals surface area contributed by atoms with Crippen LogP contribution in [0.3, 0.4) is 0 Å². The summed E-state index contributed by atoms with van der Waals surface area (Å²) in [6.45, 7) is 6.94. The molecule has 102 valence electrons. The molecular weight excluding hydrogens is 238 g/mol. The van der Waals surface area contributed by atoms with Crippen molar-refractivity contribution in [2.45, 2.75) is 33.2 Å². The Bertz CT molecular complexity index is 530. The van der Waals surface area contributed by atoms with Crippen LogP contribution in [0.25, 0.3) is 0 Å². The highest BCUT2D eigenvalue weighted by molar-refractivity contribution is 5.64. The number of hydrogen-bond donors (Lipinski definition) is 2. The van der Waals surface area contributed by atoms with Crippen LogP contribution in [-0.2, 0) is 6.42 Å². The highest BCUT2D eigenvalue weighted by Crippen LogP contribution is 2.25. The van der Waals surface area contributed by atoms with Crippen LogP contribution < -0.4 is 11.1 Å². The van der Waals surface area contributed by atoms with E-state index in [1.54, 1.807) is 6.20 Å². The van der Waals surface area contributed by atoms with Crippen molar-refractivity contribution in [3.05, 3.63) is 35.8 Å². The monoisotopic (exact) mass is 259 g/mol. The van der Waals surface area contributed by atoms with Crippen LogP contribution in [0.4, 0.5) is 11.5 Å². The van der Waals surface area contributed by atoms with Crippen LogP contribution in [0.5, 0.6) is 0 Å². The molecule has 0 bridgehead atoms. The molecule has 0 saturated carbocycles. The SMILES string of the molecule is Cc1nn(C(C)C)c(NCCc2cccnc2)c1N. The largest absolute Gasteiger partial charge is 0.394 e. The predicted octanol–water partition coefficient (Wildman–Crippen LogP) is 2.40. The van der Waals surface area contributed by atoms with Crippen molar-refractivity contribution in [2.24, 2.45) is 0 Å². The molecule has 3 N–H and O–H groups in total. The molecule has 0 unspecified atom stereocenters. The standard InChI is InChI=1S/C14H21N5/c1-10(2)19-14(13(15)11(3)18-19)17-8-6-12-5-4-7-16-9-12/h4-5,7,9-10,17H,6,8,15H2,1-3H3. The molecule has 0 amide bonds. The van der Waals surface area contributed by atoms with E-state index in [-0.39, 0.29) is 6.04 Å². The number of aryl methyl sites for hydroxylation is 1. The zero-order valence-corrected chi connectivity index (χ0v) is 11.7. The average molecular weight is 259 g/mol. The summed E-state index contributed by atoms with van der Waals surface area (Å²) in [5, 5.41) is 7.83. The molecular formula is C14H21N5. The van der Waals surface area contributed by atoms with Crippen LogP contribution in [0, 0.1) is 6.92 Å². The second-order valence-corrected chi connectivity index (χ2v) is 4.92. The molecule has 0 aromatic carbocycles. The van der Waals surface area contributed by atoms with Crippen LogP contribution in [-0.4, -0.2) is 21.3 Å². The Morgan fingerprint density at radius 3 is 2.84 bits per heavy atom. The summed E-state index contributed by atoms with van der Waals surface area (Å²) in [4.78, 5) is 4.11. The first-order valence-corrected chi connectivity index (χ1v) is 6.57. The summed E-state index contributed by atoms with van der Waals surface area (Å²) < 4.78 is 1.94. The van der Waals surface area contributed by atoms with Gasteiger partial charge >= 0.3 is 0 Å². The third kappa shape index (κ3) is 3.05. The fraction of sp³-hybridized carbons (Fsp3) is 0.429. The molecule has 0 aliphatic rings. The molecule has 2 aromatic heterocycles. The Labute approximate surface area is 113 Å². The molecule has 5 heteroatoms. The minimum absolute atomic E-state index is 0.289. The normalized spacial score (nSPS) is 10.9. The van der Waals surface area contributed by atoms with E-state index in [9.17, 15) is 0 Å². The third-order valence-corrected chi connectivity index (χ3v) is 3.05. The predicted molar refractivity (Wildman–Crippen MR) is 78.2 cm³/mol.